The Labute approximate surface area is 143 Å². The molecule has 2 amide bonds. The highest BCUT2D eigenvalue weighted by atomic mass is 16.3. The van der Waals surface area contributed by atoms with Crippen LogP contribution in [0.4, 0.5) is 10.5 Å². The molecule has 0 bridgehead atoms. The first-order chi connectivity index (χ1) is 11.2. The van der Waals surface area contributed by atoms with Gasteiger partial charge in [-0.1, -0.05) is 18.2 Å². The Morgan fingerprint density at radius 3 is 2.46 bits per heavy atom. The number of aliphatic hydroxyl groups is 1. The minimum Gasteiger partial charge on any atom is -0.389 e. The number of nitrogens with one attached hydrogen (secondary N) is 1. The normalized spacial score (nSPS) is 11.4. The molecule has 0 atom stereocenters. The number of rotatable bonds is 5. The number of benzene rings is 1. The molecule has 1 aromatic carbocycles. The van der Waals surface area contributed by atoms with Crippen LogP contribution in [0.2, 0.25) is 0 Å². The van der Waals surface area contributed by atoms with E-state index in [1.54, 1.807) is 18.7 Å². The van der Waals surface area contributed by atoms with Gasteiger partial charge in [0.2, 0.25) is 0 Å². The monoisotopic (exact) mass is 330 g/mol. The summed E-state index contributed by atoms with van der Waals surface area (Å²) in [6.45, 7) is 9.84. The predicted molar refractivity (Wildman–Crippen MR) is 95.6 cm³/mol. The molecule has 0 fully saturated rings. The molecule has 0 saturated heterocycles. The molecule has 6 nitrogen and oxygen atoms in total. The van der Waals surface area contributed by atoms with Gasteiger partial charge in [-0.25, -0.2) is 9.48 Å². The molecule has 6 heteroatoms. The van der Waals surface area contributed by atoms with Crippen molar-refractivity contribution in [2.24, 2.45) is 0 Å². The van der Waals surface area contributed by atoms with Gasteiger partial charge in [0, 0.05) is 6.54 Å². The lowest BCUT2D eigenvalue weighted by atomic mass is 10.1. The van der Waals surface area contributed by atoms with Gasteiger partial charge in [-0.2, -0.15) is 5.10 Å². The van der Waals surface area contributed by atoms with Gasteiger partial charge >= 0.3 is 6.03 Å². The molecule has 0 saturated carbocycles. The Morgan fingerprint density at radius 2 is 1.92 bits per heavy atom. The summed E-state index contributed by atoms with van der Waals surface area (Å²) in [6.07, 6.45) is 0. The van der Waals surface area contributed by atoms with Gasteiger partial charge < -0.3 is 15.3 Å². The molecule has 0 radical (unpaired) electrons. The van der Waals surface area contributed by atoms with E-state index in [-0.39, 0.29) is 12.6 Å². The second-order valence-electron chi connectivity index (χ2n) is 6.55. The maximum Gasteiger partial charge on any atom is 0.322 e. The summed E-state index contributed by atoms with van der Waals surface area (Å²) in [5, 5.41) is 17.4. The van der Waals surface area contributed by atoms with E-state index in [4.69, 9.17) is 0 Å². The average molecular weight is 330 g/mol. The van der Waals surface area contributed by atoms with Crippen molar-refractivity contribution in [2.75, 3.05) is 18.4 Å². The summed E-state index contributed by atoms with van der Waals surface area (Å²) in [6, 6.07) is 9.56. The van der Waals surface area contributed by atoms with E-state index < -0.39 is 5.60 Å². The Morgan fingerprint density at radius 1 is 1.29 bits per heavy atom. The summed E-state index contributed by atoms with van der Waals surface area (Å²) in [5.41, 5.74) is 2.34. The van der Waals surface area contributed by atoms with Crippen molar-refractivity contribution in [3.05, 3.63) is 41.7 Å². The van der Waals surface area contributed by atoms with E-state index >= 15 is 0 Å². The van der Waals surface area contributed by atoms with Crippen LogP contribution in [0.25, 0.3) is 5.69 Å². The third-order valence-electron chi connectivity index (χ3n) is 3.77. The fraction of sp³-hybridized carbons (Fsp3) is 0.444. The minimum atomic E-state index is -0.939. The number of carbonyl (C=O) groups is 1. The van der Waals surface area contributed by atoms with Crippen molar-refractivity contribution in [1.82, 2.24) is 14.7 Å². The van der Waals surface area contributed by atoms with Gasteiger partial charge in [-0.05, 0) is 46.8 Å². The number of para-hydroxylation sites is 1. The Bertz CT molecular complexity index is 702. The second kappa shape index (κ2) is 7.05. The highest BCUT2D eigenvalue weighted by Crippen LogP contribution is 2.23. The minimum absolute atomic E-state index is 0.238. The number of urea groups is 1. The molecule has 0 spiro atoms. The number of aryl methyl sites for hydroxylation is 1. The van der Waals surface area contributed by atoms with Gasteiger partial charge in [0.25, 0.3) is 0 Å². The molecule has 0 unspecified atom stereocenters. The van der Waals surface area contributed by atoms with E-state index in [1.807, 2.05) is 55.8 Å². The molecule has 0 aliphatic carbocycles. The van der Waals surface area contributed by atoms with Gasteiger partial charge in [0.05, 0.1) is 34.9 Å². The molecule has 2 aromatic rings. The zero-order valence-corrected chi connectivity index (χ0v) is 15.0. The van der Waals surface area contributed by atoms with Crippen LogP contribution < -0.4 is 5.32 Å². The van der Waals surface area contributed by atoms with E-state index in [9.17, 15) is 9.90 Å². The van der Waals surface area contributed by atoms with Crippen LogP contribution >= 0.6 is 0 Å². The summed E-state index contributed by atoms with van der Waals surface area (Å²) >= 11 is 0. The lowest BCUT2D eigenvalue weighted by Crippen LogP contribution is -2.44. The first-order valence-electron chi connectivity index (χ1n) is 8.13. The smallest absolute Gasteiger partial charge is 0.322 e. The summed E-state index contributed by atoms with van der Waals surface area (Å²) < 4.78 is 1.82. The second-order valence-corrected chi connectivity index (χ2v) is 6.55. The topological polar surface area (TPSA) is 70.4 Å². The van der Waals surface area contributed by atoms with Gasteiger partial charge in [-0.15, -0.1) is 0 Å². The van der Waals surface area contributed by atoms with Crippen LogP contribution in [-0.2, 0) is 0 Å². The van der Waals surface area contributed by atoms with Crippen LogP contribution in [-0.4, -0.2) is 44.5 Å². The standard InChI is InChI=1S/C18H26N4O2/c1-6-21(12-18(4,5)24)17(23)19-16-13(2)20-22(14(16)3)15-10-8-7-9-11-15/h7-11,24H,6,12H2,1-5H3,(H,19,23). The average Bonchev–Trinajstić information content (AvgIpc) is 2.80. The number of nitrogens with zero attached hydrogens (tertiary/aromatic N) is 3. The molecule has 24 heavy (non-hydrogen) atoms. The van der Waals surface area contributed by atoms with Crippen molar-refractivity contribution in [1.29, 1.82) is 0 Å². The molecule has 130 valence electrons. The summed E-state index contributed by atoms with van der Waals surface area (Å²) in [4.78, 5) is 14.1. The fourth-order valence-electron chi connectivity index (χ4n) is 2.62. The number of likely N-dealkylation sites (N-methyl/N-ethyl adjacent to an activating group) is 1. The highest BCUT2D eigenvalue weighted by molar-refractivity contribution is 5.90. The van der Waals surface area contributed by atoms with Crippen LogP contribution in [0.3, 0.4) is 0 Å². The van der Waals surface area contributed by atoms with E-state index in [2.05, 4.69) is 10.4 Å². The molecule has 0 aliphatic rings. The van der Waals surface area contributed by atoms with E-state index in [1.165, 1.54) is 0 Å². The van der Waals surface area contributed by atoms with Crippen molar-refractivity contribution in [3.63, 3.8) is 0 Å². The lowest BCUT2D eigenvalue weighted by Gasteiger charge is -2.28. The third-order valence-corrected chi connectivity index (χ3v) is 3.77. The fourth-order valence-corrected chi connectivity index (χ4v) is 2.62. The molecule has 1 heterocycles. The molecule has 1 aromatic heterocycles. The largest absolute Gasteiger partial charge is 0.389 e. The van der Waals surface area contributed by atoms with Crippen molar-refractivity contribution in [3.8, 4) is 5.69 Å². The maximum absolute atomic E-state index is 12.5. The molecular weight excluding hydrogens is 304 g/mol. The number of amides is 2. The van der Waals surface area contributed by atoms with E-state index in [0.29, 0.717) is 12.2 Å². The SMILES string of the molecule is CCN(CC(C)(C)O)C(=O)Nc1c(C)nn(-c2ccccc2)c1C. The van der Waals surface area contributed by atoms with Crippen LogP contribution in [0.5, 0.6) is 0 Å². The van der Waals surface area contributed by atoms with Crippen LogP contribution in [0.15, 0.2) is 30.3 Å². The van der Waals surface area contributed by atoms with Gasteiger partial charge in [-0.3, -0.25) is 0 Å². The Balaban J connectivity index is 2.24. The quantitative estimate of drug-likeness (QED) is 0.885. The molecular formula is C18H26N4O2. The van der Waals surface area contributed by atoms with Gasteiger partial charge in [0.1, 0.15) is 0 Å². The number of hydrogen-bond acceptors (Lipinski definition) is 3. The number of carbonyl (C=O) groups excluding carboxylic acids is 1. The first-order valence-corrected chi connectivity index (χ1v) is 8.13. The van der Waals surface area contributed by atoms with Crippen LogP contribution in [0, 0.1) is 13.8 Å². The predicted octanol–water partition coefficient (Wildman–Crippen LogP) is 3.11. The van der Waals surface area contributed by atoms with Crippen LogP contribution in [0.1, 0.15) is 32.2 Å². The third kappa shape index (κ3) is 4.14. The number of aromatic nitrogens is 2. The van der Waals surface area contributed by atoms with Gasteiger partial charge in [0.15, 0.2) is 0 Å². The Hall–Kier alpha value is -2.34. The summed E-state index contributed by atoms with van der Waals surface area (Å²) in [7, 11) is 0. The zero-order valence-electron chi connectivity index (χ0n) is 15.0. The summed E-state index contributed by atoms with van der Waals surface area (Å²) in [5.74, 6) is 0. The lowest BCUT2D eigenvalue weighted by molar-refractivity contribution is 0.0501. The zero-order chi connectivity index (χ0) is 17.9. The first kappa shape index (κ1) is 18.0. The molecule has 2 rings (SSSR count). The molecule has 2 N–H and O–H groups in total. The van der Waals surface area contributed by atoms with Crippen molar-refractivity contribution in [2.45, 2.75) is 40.2 Å². The molecule has 0 aliphatic heterocycles. The number of hydrogen-bond donors (Lipinski definition) is 2. The maximum atomic E-state index is 12.5. The highest BCUT2D eigenvalue weighted by Gasteiger charge is 2.23. The Kier molecular flexibility index (Phi) is 5.29. The van der Waals surface area contributed by atoms with E-state index in [0.717, 1.165) is 17.1 Å². The van der Waals surface area contributed by atoms with Crippen molar-refractivity contribution < 1.29 is 9.90 Å². The number of anilines is 1. The van der Waals surface area contributed by atoms with Crippen molar-refractivity contribution >= 4 is 11.7 Å².